The van der Waals surface area contributed by atoms with Gasteiger partial charge in [0.1, 0.15) is 5.82 Å². The number of imidazole rings is 1. The fourth-order valence-corrected chi connectivity index (χ4v) is 3.44. The molecule has 0 amide bonds. The van der Waals surface area contributed by atoms with Crippen LogP contribution in [-0.4, -0.2) is 40.0 Å². The first-order valence-electron chi connectivity index (χ1n) is 7.21. The molecule has 1 aromatic heterocycles. The van der Waals surface area contributed by atoms with Crippen LogP contribution < -0.4 is 0 Å². The molecule has 5 heteroatoms. The Hall–Kier alpha value is -0.580. The standard InChI is InChI=1S/C15H19BrClN3/c16-12-3-4-14-13(11-12)18-15(5-6-17)20(14)10-9-19-7-1-2-8-19/h3-4,11H,1-2,5-10H2. The summed E-state index contributed by atoms with van der Waals surface area (Å²) in [4.78, 5) is 7.28. The smallest absolute Gasteiger partial charge is 0.111 e. The number of aryl methyl sites for hydroxylation is 1. The van der Waals surface area contributed by atoms with Crippen molar-refractivity contribution in [1.29, 1.82) is 0 Å². The average molecular weight is 357 g/mol. The van der Waals surface area contributed by atoms with Gasteiger partial charge < -0.3 is 9.47 Å². The first kappa shape index (κ1) is 14.4. The van der Waals surface area contributed by atoms with Gasteiger partial charge in [0.2, 0.25) is 0 Å². The molecule has 0 radical (unpaired) electrons. The van der Waals surface area contributed by atoms with Gasteiger partial charge in [-0.3, -0.25) is 0 Å². The van der Waals surface area contributed by atoms with Crippen molar-refractivity contribution in [1.82, 2.24) is 14.5 Å². The zero-order valence-corrected chi connectivity index (χ0v) is 13.8. The van der Waals surface area contributed by atoms with Gasteiger partial charge in [0.05, 0.1) is 11.0 Å². The van der Waals surface area contributed by atoms with E-state index in [0.29, 0.717) is 5.88 Å². The van der Waals surface area contributed by atoms with Crippen LogP contribution in [0.15, 0.2) is 22.7 Å². The van der Waals surface area contributed by atoms with Crippen LogP contribution in [0.3, 0.4) is 0 Å². The number of alkyl halides is 1. The number of aromatic nitrogens is 2. The monoisotopic (exact) mass is 355 g/mol. The minimum Gasteiger partial charge on any atom is -0.327 e. The van der Waals surface area contributed by atoms with Crippen LogP contribution in [0.2, 0.25) is 0 Å². The van der Waals surface area contributed by atoms with Gasteiger partial charge in [-0.2, -0.15) is 0 Å². The summed E-state index contributed by atoms with van der Waals surface area (Å²) in [7, 11) is 0. The molecule has 0 spiro atoms. The maximum Gasteiger partial charge on any atom is 0.111 e. The van der Waals surface area contributed by atoms with E-state index in [4.69, 9.17) is 16.6 Å². The van der Waals surface area contributed by atoms with Gasteiger partial charge >= 0.3 is 0 Å². The van der Waals surface area contributed by atoms with Gasteiger partial charge in [-0.15, -0.1) is 11.6 Å². The van der Waals surface area contributed by atoms with Crippen molar-refractivity contribution in [2.24, 2.45) is 0 Å². The lowest BCUT2D eigenvalue weighted by atomic mass is 10.3. The Morgan fingerprint density at radius 3 is 2.75 bits per heavy atom. The van der Waals surface area contributed by atoms with Crippen molar-refractivity contribution >= 4 is 38.6 Å². The molecule has 3 nitrogen and oxygen atoms in total. The Morgan fingerprint density at radius 2 is 2.00 bits per heavy atom. The van der Waals surface area contributed by atoms with Crippen LogP contribution in [0.5, 0.6) is 0 Å². The summed E-state index contributed by atoms with van der Waals surface area (Å²) in [6.45, 7) is 4.59. The SMILES string of the molecule is ClCCc1nc2cc(Br)ccc2n1CCN1CCCC1. The maximum absolute atomic E-state index is 5.92. The fraction of sp³-hybridized carbons (Fsp3) is 0.533. The van der Waals surface area contributed by atoms with Crippen molar-refractivity contribution in [3.8, 4) is 0 Å². The Kier molecular flexibility index (Phi) is 4.64. The summed E-state index contributed by atoms with van der Waals surface area (Å²) in [5.74, 6) is 1.72. The topological polar surface area (TPSA) is 21.1 Å². The van der Waals surface area contributed by atoms with Crippen molar-refractivity contribution in [2.45, 2.75) is 25.8 Å². The molecule has 1 aliphatic rings. The quantitative estimate of drug-likeness (QED) is 0.762. The minimum atomic E-state index is 0.619. The number of rotatable bonds is 5. The van der Waals surface area contributed by atoms with E-state index in [1.807, 2.05) is 0 Å². The van der Waals surface area contributed by atoms with Crippen LogP contribution in [-0.2, 0) is 13.0 Å². The van der Waals surface area contributed by atoms with Gasteiger partial charge in [0, 0.05) is 29.9 Å². The summed E-state index contributed by atoms with van der Waals surface area (Å²) >= 11 is 9.44. The van der Waals surface area contributed by atoms with Crippen LogP contribution >= 0.6 is 27.5 Å². The number of halogens is 2. The van der Waals surface area contributed by atoms with E-state index in [1.165, 1.54) is 31.4 Å². The highest BCUT2D eigenvalue weighted by Crippen LogP contribution is 2.22. The zero-order valence-electron chi connectivity index (χ0n) is 11.5. The molecule has 1 aromatic carbocycles. The van der Waals surface area contributed by atoms with Crippen molar-refractivity contribution in [3.63, 3.8) is 0 Å². The van der Waals surface area contributed by atoms with E-state index in [1.54, 1.807) is 0 Å². The second-order valence-corrected chi connectivity index (χ2v) is 6.59. The van der Waals surface area contributed by atoms with E-state index in [2.05, 4.69) is 43.6 Å². The lowest BCUT2D eigenvalue weighted by Crippen LogP contribution is -2.24. The fourth-order valence-electron chi connectivity index (χ4n) is 2.93. The van der Waals surface area contributed by atoms with E-state index in [0.717, 1.165) is 35.3 Å². The second kappa shape index (κ2) is 6.46. The average Bonchev–Trinajstić information content (AvgIpc) is 3.04. The number of nitrogens with zero attached hydrogens (tertiary/aromatic N) is 3. The molecule has 108 valence electrons. The molecular weight excluding hydrogens is 338 g/mol. The Labute approximate surface area is 133 Å². The first-order valence-corrected chi connectivity index (χ1v) is 8.53. The molecule has 0 atom stereocenters. The van der Waals surface area contributed by atoms with Crippen LogP contribution in [0.25, 0.3) is 11.0 Å². The Morgan fingerprint density at radius 1 is 1.20 bits per heavy atom. The normalized spacial score (nSPS) is 16.3. The summed E-state index contributed by atoms with van der Waals surface area (Å²) < 4.78 is 3.41. The predicted molar refractivity (Wildman–Crippen MR) is 87.5 cm³/mol. The van der Waals surface area contributed by atoms with E-state index in [-0.39, 0.29) is 0 Å². The molecular formula is C15H19BrClN3. The van der Waals surface area contributed by atoms with Crippen LogP contribution in [0.4, 0.5) is 0 Å². The zero-order chi connectivity index (χ0) is 13.9. The third-order valence-corrected chi connectivity index (χ3v) is 4.63. The lowest BCUT2D eigenvalue weighted by molar-refractivity contribution is 0.322. The molecule has 0 N–H and O–H groups in total. The molecule has 2 heterocycles. The van der Waals surface area contributed by atoms with E-state index < -0.39 is 0 Å². The summed E-state index contributed by atoms with van der Waals surface area (Å²) in [5.41, 5.74) is 2.27. The first-order chi connectivity index (χ1) is 9.78. The van der Waals surface area contributed by atoms with E-state index in [9.17, 15) is 0 Å². The highest BCUT2D eigenvalue weighted by molar-refractivity contribution is 9.10. The summed E-state index contributed by atoms with van der Waals surface area (Å²) in [6.07, 6.45) is 3.51. The van der Waals surface area contributed by atoms with Gasteiger partial charge in [-0.25, -0.2) is 4.98 Å². The molecule has 1 fully saturated rings. The second-order valence-electron chi connectivity index (χ2n) is 5.30. The molecule has 2 aromatic rings. The van der Waals surface area contributed by atoms with Crippen molar-refractivity contribution < 1.29 is 0 Å². The third kappa shape index (κ3) is 3.02. The summed E-state index contributed by atoms with van der Waals surface area (Å²) in [6, 6.07) is 6.31. The number of benzene rings is 1. The highest BCUT2D eigenvalue weighted by atomic mass is 79.9. The van der Waals surface area contributed by atoms with Gasteiger partial charge in [0.25, 0.3) is 0 Å². The molecule has 0 bridgehead atoms. The van der Waals surface area contributed by atoms with Crippen LogP contribution in [0.1, 0.15) is 18.7 Å². The molecule has 0 aliphatic carbocycles. The predicted octanol–water partition coefficient (Wildman–Crippen LogP) is 3.68. The molecule has 1 aliphatic heterocycles. The lowest BCUT2D eigenvalue weighted by Gasteiger charge is -2.16. The van der Waals surface area contributed by atoms with Gasteiger partial charge in [-0.1, -0.05) is 15.9 Å². The Bertz CT molecular complexity index is 590. The minimum absolute atomic E-state index is 0.619. The third-order valence-electron chi connectivity index (χ3n) is 3.95. The summed E-state index contributed by atoms with van der Waals surface area (Å²) in [5, 5.41) is 0. The highest BCUT2D eigenvalue weighted by Gasteiger charge is 2.14. The maximum atomic E-state index is 5.92. The molecule has 0 saturated carbocycles. The molecule has 1 saturated heterocycles. The largest absolute Gasteiger partial charge is 0.327 e. The van der Waals surface area contributed by atoms with Gasteiger partial charge in [-0.05, 0) is 44.1 Å². The number of fused-ring (bicyclic) bond motifs is 1. The van der Waals surface area contributed by atoms with Crippen LogP contribution in [0, 0.1) is 0 Å². The molecule has 20 heavy (non-hydrogen) atoms. The number of hydrogen-bond acceptors (Lipinski definition) is 2. The van der Waals surface area contributed by atoms with Crippen molar-refractivity contribution in [3.05, 3.63) is 28.5 Å². The molecule has 0 unspecified atom stereocenters. The number of likely N-dealkylation sites (tertiary alicyclic amines) is 1. The molecule has 3 rings (SSSR count). The Balaban J connectivity index is 1.87. The number of hydrogen-bond donors (Lipinski definition) is 0. The van der Waals surface area contributed by atoms with Crippen molar-refractivity contribution in [2.75, 3.05) is 25.5 Å². The van der Waals surface area contributed by atoms with E-state index >= 15 is 0 Å². The van der Waals surface area contributed by atoms with Gasteiger partial charge in [0.15, 0.2) is 0 Å².